The van der Waals surface area contributed by atoms with Crippen molar-refractivity contribution in [3.8, 4) is 0 Å². The first-order valence-electron chi connectivity index (χ1n) is 11.7. The number of nitrogens with zero attached hydrogens (tertiary/aromatic N) is 2. The van der Waals surface area contributed by atoms with Gasteiger partial charge in [0.1, 0.15) is 0 Å². The minimum Gasteiger partial charge on any atom is -0.199 e. The van der Waals surface area contributed by atoms with Crippen molar-refractivity contribution in [3.63, 3.8) is 0 Å². The van der Waals surface area contributed by atoms with Crippen molar-refractivity contribution < 1.29 is 8.42 Å². The van der Waals surface area contributed by atoms with E-state index < -0.39 is 10.0 Å². The molecule has 1 heterocycles. The lowest BCUT2D eigenvalue weighted by Crippen LogP contribution is -2.49. The van der Waals surface area contributed by atoms with Crippen molar-refractivity contribution in [2.75, 3.05) is 0 Å². The summed E-state index contributed by atoms with van der Waals surface area (Å²) in [6, 6.07) is 7.41. The van der Waals surface area contributed by atoms with Gasteiger partial charge in [0.2, 0.25) is 0 Å². The van der Waals surface area contributed by atoms with Gasteiger partial charge in [-0.05, 0) is 106 Å². The van der Waals surface area contributed by atoms with Gasteiger partial charge >= 0.3 is 0 Å². The van der Waals surface area contributed by atoms with E-state index in [1.165, 1.54) is 53.7 Å². The molecule has 4 aliphatic carbocycles. The Labute approximate surface area is 181 Å². The lowest BCUT2D eigenvalue weighted by atomic mass is 9.48. The van der Waals surface area contributed by atoms with Crippen LogP contribution < -0.4 is 0 Å². The summed E-state index contributed by atoms with van der Waals surface area (Å²) in [6.45, 7) is 6.16. The van der Waals surface area contributed by atoms with Gasteiger partial charge < -0.3 is 0 Å². The predicted octanol–water partition coefficient (Wildman–Crippen LogP) is 5.55. The molecule has 0 radical (unpaired) electrons. The minimum absolute atomic E-state index is 0.153. The van der Waals surface area contributed by atoms with Gasteiger partial charge in [0.05, 0.1) is 16.3 Å². The van der Waals surface area contributed by atoms with Crippen LogP contribution in [0, 0.1) is 31.6 Å². The highest BCUT2D eigenvalue weighted by molar-refractivity contribution is 7.89. The van der Waals surface area contributed by atoms with Crippen LogP contribution in [0.15, 0.2) is 29.2 Å². The lowest BCUT2D eigenvalue weighted by molar-refractivity contribution is -0.00574. The molecule has 5 heteroatoms. The van der Waals surface area contributed by atoms with E-state index in [1.807, 2.05) is 26.0 Å². The van der Waals surface area contributed by atoms with Gasteiger partial charge in [-0.1, -0.05) is 25.5 Å². The number of hydrogen-bond donors (Lipinski definition) is 0. The zero-order valence-corrected chi connectivity index (χ0v) is 19.3. The zero-order chi connectivity index (χ0) is 21.1. The third kappa shape index (κ3) is 3.16. The fraction of sp³-hybridized carbons (Fsp3) is 0.640. The first-order chi connectivity index (χ1) is 14.3. The Morgan fingerprint density at radius 3 is 2.10 bits per heavy atom. The van der Waals surface area contributed by atoms with Gasteiger partial charge in [0.15, 0.2) is 0 Å². The molecule has 0 amide bonds. The van der Waals surface area contributed by atoms with Crippen LogP contribution in [0.5, 0.6) is 0 Å². The molecule has 4 bridgehead atoms. The molecule has 4 nitrogen and oxygen atoms in total. The Bertz CT molecular complexity index is 1010. The largest absolute Gasteiger partial charge is 0.283 e. The van der Waals surface area contributed by atoms with Crippen molar-refractivity contribution in [3.05, 3.63) is 46.8 Å². The first-order valence-corrected chi connectivity index (χ1v) is 13.2. The van der Waals surface area contributed by atoms with Crippen LogP contribution in [0.4, 0.5) is 0 Å². The molecule has 162 valence electrons. The average molecular weight is 427 g/mol. The molecule has 2 aromatic rings. The second-order valence-corrected chi connectivity index (χ2v) is 12.1. The average Bonchev–Trinajstić information content (AvgIpc) is 3.01. The van der Waals surface area contributed by atoms with Gasteiger partial charge in [-0.3, -0.25) is 0 Å². The van der Waals surface area contributed by atoms with E-state index in [2.05, 4.69) is 12.0 Å². The van der Waals surface area contributed by atoms with Crippen LogP contribution in [0.25, 0.3) is 0 Å². The van der Waals surface area contributed by atoms with E-state index in [1.54, 1.807) is 12.1 Å². The third-order valence-corrected chi connectivity index (χ3v) is 9.77. The van der Waals surface area contributed by atoms with E-state index in [0.29, 0.717) is 4.90 Å². The molecule has 0 spiro atoms. The third-order valence-electron chi connectivity index (χ3n) is 8.09. The Hall–Kier alpha value is -1.62. The van der Waals surface area contributed by atoms with Crippen LogP contribution in [0.1, 0.15) is 80.8 Å². The van der Waals surface area contributed by atoms with Crippen molar-refractivity contribution >= 4 is 10.0 Å². The molecule has 6 rings (SSSR count). The summed E-state index contributed by atoms with van der Waals surface area (Å²) in [4.78, 5) is 0.338. The molecule has 4 saturated carbocycles. The molecule has 30 heavy (non-hydrogen) atoms. The number of rotatable bonds is 6. The summed E-state index contributed by atoms with van der Waals surface area (Å²) in [5, 5.41) is 4.62. The van der Waals surface area contributed by atoms with Crippen molar-refractivity contribution in [2.24, 2.45) is 17.8 Å². The van der Waals surface area contributed by atoms with Gasteiger partial charge in [-0.25, -0.2) is 0 Å². The molecule has 4 fully saturated rings. The van der Waals surface area contributed by atoms with Gasteiger partial charge in [0.25, 0.3) is 10.0 Å². The van der Waals surface area contributed by atoms with Crippen LogP contribution in [0.2, 0.25) is 0 Å². The van der Waals surface area contributed by atoms with Crippen LogP contribution in [0.3, 0.4) is 0 Å². The highest BCUT2D eigenvalue weighted by Crippen LogP contribution is 2.61. The highest BCUT2D eigenvalue weighted by Gasteiger charge is 2.53. The topological polar surface area (TPSA) is 52.0 Å². The summed E-state index contributed by atoms with van der Waals surface area (Å²) >= 11 is 0. The number of aryl methyl sites for hydroxylation is 2. The van der Waals surface area contributed by atoms with E-state index in [4.69, 9.17) is 0 Å². The standard InChI is InChI=1S/C25H34N2O2S/c1-4-5-6-19-7-9-23(10-8-19)30(28,29)27-18(3)24(17(2)26-27)25-14-20-11-21(15-25)13-22(12-20)16-25/h7-10,20-22H,4-6,11-16H2,1-3H3. The number of unbranched alkanes of at least 4 members (excludes halogenated alkanes) is 1. The molecule has 0 aliphatic heterocycles. The second kappa shape index (κ2) is 7.22. The number of aromatic nitrogens is 2. The monoisotopic (exact) mass is 426 g/mol. The van der Waals surface area contributed by atoms with Crippen molar-refractivity contribution in [2.45, 2.75) is 88.9 Å². The molecular formula is C25H34N2O2S. The molecular weight excluding hydrogens is 392 g/mol. The van der Waals surface area contributed by atoms with E-state index in [-0.39, 0.29) is 5.41 Å². The number of benzene rings is 1. The van der Waals surface area contributed by atoms with E-state index in [0.717, 1.165) is 48.4 Å². The first kappa shape index (κ1) is 20.3. The second-order valence-electron chi connectivity index (χ2n) is 10.3. The summed E-state index contributed by atoms with van der Waals surface area (Å²) in [5.41, 5.74) is 4.34. The highest BCUT2D eigenvalue weighted by atomic mass is 32.2. The quantitative estimate of drug-likeness (QED) is 0.609. The summed E-state index contributed by atoms with van der Waals surface area (Å²) in [5.74, 6) is 2.47. The predicted molar refractivity (Wildman–Crippen MR) is 119 cm³/mol. The molecule has 0 atom stereocenters. The maximum atomic E-state index is 13.5. The smallest absolute Gasteiger partial charge is 0.199 e. The fourth-order valence-corrected chi connectivity index (χ4v) is 8.71. The van der Waals surface area contributed by atoms with Crippen LogP contribution in [-0.4, -0.2) is 17.6 Å². The maximum absolute atomic E-state index is 13.5. The molecule has 0 saturated heterocycles. The maximum Gasteiger partial charge on any atom is 0.283 e. The van der Waals surface area contributed by atoms with Gasteiger partial charge in [0, 0.05) is 5.56 Å². The van der Waals surface area contributed by atoms with E-state index in [9.17, 15) is 8.42 Å². The normalized spacial score (nSPS) is 30.2. The zero-order valence-electron chi connectivity index (χ0n) is 18.5. The summed E-state index contributed by atoms with van der Waals surface area (Å²) < 4.78 is 28.3. The van der Waals surface area contributed by atoms with Crippen LogP contribution in [-0.2, 0) is 21.9 Å². The Balaban J connectivity index is 1.51. The lowest BCUT2D eigenvalue weighted by Gasteiger charge is -2.57. The van der Waals surface area contributed by atoms with Crippen molar-refractivity contribution in [1.29, 1.82) is 0 Å². The van der Waals surface area contributed by atoms with Crippen LogP contribution >= 0.6 is 0 Å². The minimum atomic E-state index is -3.67. The van der Waals surface area contributed by atoms with Gasteiger partial charge in [-0.15, -0.1) is 0 Å². The Kier molecular flexibility index (Phi) is 4.88. The molecule has 0 N–H and O–H groups in total. The Morgan fingerprint density at radius 1 is 1.00 bits per heavy atom. The summed E-state index contributed by atoms with van der Waals surface area (Å²) in [6.07, 6.45) is 11.1. The van der Waals surface area contributed by atoms with E-state index >= 15 is 0 Å². The van der Waals surface area contributed by atoms with Gasteiger partial charge in [-0.2, -0.15) is 17.6 Å². The summed E-state index contributed by atoms with van der Waals surface area (Å²) in [7, 11) is -3.67. The molecule has 1 aromatic carbocycles. The molecule has 0 unspecified atom stereocenters. The SMILES string of the molecule is CCCCc1ccc(S(=O)(=O)n2nc(C)c(C34CC5CC(CC(C5)C3)C4)c2C)cc1. The van der Waals surface area contributed by atoms with Crippen molar-refractivity contribution in [1.82, 2.24) is 9.19 Å². The Morgan fingerprint density at radius 2 is 1.57 bits per heavy atom. The fourth-order valence-electron chi connectivity index (χ4n) is 7.35. The number of hydrogen-bond acceptors (Lipinski definition) is 3. The molecule has 1 aromatic heterocycles. The molecule has 4 aliphatic rings.